The minimum absolute atomic E-state index is 0.278. The van der Waals surface area contributed by atoms with Gasteiger partial charge in [-0.3, -0.25) is 4.79 Å². The van der Waals surface area contributed by atoms with Crippen molar-refractivity contribution in [2.75, 3.05) is 32.8 Å². The maximum atomic E-state index is 12.5. The molecule has 0 aromatic heterocycles. The number of hydrogen-bond donors (Lipinski definition) is 3. The summed E-state index contributed by atoms with van der Waals surface area (Å²) in [6.45, 7) is 3.44. The highest BCUT2D eigenvalue weighted by molar-refractivity contribution is 9.10. The van der Waals surface area contributed by atoms with Crippen molar-refractivity contribution in [3.8, 4) is 11.5 Å². The van der Waals surface area contributed by atoms with E-state index in [9.17, 15) is 14.4 Å². The lowest BCUT2D eigenvalue weighted by Gasteiger charge is -2.30. The second-order valence-electron chi connectivity index (χ2n) is 7.72. The summed E-state index contributed by atoms with van der Waals surface area (Å²) in [6, 6.07) is 9.04. The molecule has 1 aliphatic heterocycles. The molecule has 0 unspecified atom stereocenters. The summed E-state index contributed by atoms with van der Waals surface area (Å²) in [5.74, 6) is -0.706. The average molecular weight is 592 g/mol. The van der Waals surface area contributed by atoms with Crippen molar-refractivity contribution in [3.05, 3.63) is 63.3 Å². The van der Waals surface area contributed by atoms with E-state index in [1.54, 1.807) is 50.2 Å². The van der Waals surface area contributed by atoms with Crippen LogP contribution in [0.4, 0.5) is 5.69 Å². The lowest BCUT2D eigenvalue weighted by Crippen LogP contribution is -2.45. The van der Waals surface area contributed by atoms with E-state index < -0.39 is 23.9 Å². The number of amides is 1. The summed E-state index contributed by atoms with van der Waals surface area (Å²) in [5.41, 5.74) is 2.46. The lowest BCUT2D eigenvalue weighted by molar-refractivity contribution is -0.136. The third-order valence-corrected chi connectivity index (χ3v) is 6.21. The Balaban J connectivity index is 1.74. The Morgan fingerprint density at radius 1 is 1.08 bits per heavy atom. The van der Waals surface area contributed by atoms with Crippen LogP contribution in [0.25, 0.3) is 0 Å². The summed E-state index contributed by atoms with van der Waals surface area (Å²) in [5, 5.41) is 9.07. The standard InChI is InChI=1S/C25H26BrN3O7S/c1-5-35-23(31)14-6-8-15(9-7-14)28-20(30)12-36-19-11-17(26)16(10-18(19)33-3)22-21(24(32)34-4)13(2)27-25(37)29-22/h6-11,22H,5,12H2,1-4H3,(H,28,30)(H2,27,29,37)/t22-/m0/s1. The Morgan fingerprint density at radius 3 is 2.41 bits per heavy atom. The second-order valence-corrected chi connectivity index (χ2v) is 8.98. The monoisotopic (exact) mass is 591 g/mol. The average Bonchev–Trinajstić information content (AvgIpc) is 2.87. The number of thiocarbonyl (C=S) groups is 1. The van der Waals surface area contributed by atoms with Crippen LogP contribution in [0.5, 0.6) is 11.5 Å². The van der Waals surface area contributed by atoms with Gasteiger partial charge in [0.15, 0.2) is 23.2 Å². The summed E-state index contributed by atoms with van der Waals surface area (Å²) >= 11 is 8.80. The van der Waals surface area contributed by atoms with Crippen molar-refractivity contribution in [3.63, 3.8) is 0 Å². The molecule has 1 heterocycles. The molecule has 0 fully saturated rings. The van der Waals surface area contributed by atoms with Gasteiger partial charge < -0.3 is 34.9 Å². The van der Waals surface area contributed by atoms with Crippen LogP contribution in [0.15, 0.2) is 52.1 Å². The highest BCUT2D eigenvalue weighted by Gasteiger charge is 2.32. The third kappa shape index (κ3) is 6.77. The molecule has 0 radical (unpaired) electrons. The van der Waals surface area contributed by atoms with Crippen molar-refractivity contribution >= 4 is 56.8 Å². The number of methoxy groups -OCH3 is 2. The first-order chi connectivity index (χ1) is 17.7. The predicted molar refractivity (Wildman–Crippen MR) is 144 cm³/mol. The molecule has 1 atom stereocenters. The van der Waals surface area contributed by atoms with E-state index >= 15 is 0 Å². The van der Waals surface area contributed by atoms with Gasteiger partial charge in [0.2, 0.25) is 0 Å². The summed E-state index contributed by atoms with van der Waals surface area (Å²) < 4.78 is 21.7. The molecule has 0 saturated carbocycles. The highest BCUT2D eigenvalue weighted by atomic mass is 79.9. The van der Waals surface area contributed by atoms with Gasteiger partial charge in [-0.25, -0.2) is 9.59 Å². The first-order valence-electron chi connectivity index (χ1n) is 11.1. The molecule has 37 heavy (non-hydrogen) atoms. The molecule has 0 spiro atoms. The van der Waals surface area contributed by atoms with E-state index in [0.717, 1.165) is 0 Å². The van der Waals surface area contributed by atoms with Crippen molar-refractivity contribution in [1.82, 2.24) is 10.6 Å². The van der Waals surface area contributed by atoms with E-state index in [4.69, 9.17) is 31.2 Å². The number of nitrogens with one attached hydrogen (secondary N) is 3. The zero-order valence-corrected chi connectivity index (χ0v) is 23.0. The zero-order valence-electron chi connectivity index (χ0n) is 20.6. The lowest BCUT2D eigenvalue weighted by atomic mass is 9.95. The van der Waals surface area contributed by atoms with Crippen LogP contribution >= 0.6 is 28.1 Å². The molecule has 0 bridgehead atoms. The minimum Gasteiger partial charge on any atom is -0.493 e. The summed E-state index contributed by atoms with van der Waals surface area (Å²) in [4.78, 5) is 36.7. The number of allylic oxidation sites excluding steroid dienone is 1. The molecular formula is C25H26BrN3O7S. The van der Waals surface area contributed by atoms with Crippen molar-refractivity contribution in [1.29, 1.82) is 0 Å². The quantitative estimate of drug-likeness (QED) is 0.294. The molecule has 10 nitrogen and oxygen atoms in total. The van der Waals surface area contributed by atoms with Gasteiger partial charge in [-0.1, -0.05) is 15.9 Å². The molecule has 0 saturated heterocycles. The molecule has 3 rings (SSSR count). The van der Waals surface area contributed by atoms with Crippen LogP contribution in [0.3, 0.4) is 0 Å². The number of carbonyl (C=O) groups excluding carboxylic acids is 3. The van der Waals surface area contributed by atoms with E-state index in [1.165, 1.54) is 14.2 Å². The van der Waals surface area contributed by atoms with Crippen LogP contribution < -0.4 is 25.4 Å². The molecule has 0 aliphatic carbocycles. The minimum atomic E-state index is -0.612. The number of esters is 2. The Labute approximate surface area is 227 Å². The SMILES string of the molecule is CCOC(=O)c1ccc(NC(=O)COc2cc(Br)c([C@@H]3NC(=S)NC(C)=C3C(=O)OC)cc2OC)cc1. The van der Waals surface area contributed by atoms with Gasteiger partial charge in [0.1, 0.15) is 0 Å². The number of hydrogen-bond acceptors (Lipinski definition) is 8. The van der Waals surface area contributed by atoms with Gasteiger partial charge in [0, 0.05) is 15.9 Å². The topological polar surface area (TPSA) is 124 Å². The molecule has 3 N–H and O–H groups in total. The Morgan fingerprint density at radius 2 is 1.78 bits per heavy atom. The predicted octanol–water partition coefficient (Wildman–Crippen LogP) is 3.62. The van der Waals surface area contributed by atoms with Crippen LogP contribution in [0, 0.1) is 0 Å². The van der Waals surface area contributed by atoms with E-state index in [-0.39, 0.29) is 13.2 Å². The normalized spacial score (nSPS) is 14.7. The third-order valence-electron chi connectivity index (χ3n) is 5.31. The summed E-state index contributed by atoms with van der Waals surface area (Å²) in [7, 11) is 2.77. The number of ether oxygens (including phenoxy) is 4. The Bertz CT molecular complexity index is 1250. The fourth-order valence-electron chi connectivity index (χ4n) is 3.60. The maximum absolute atomic E-state index is 12.5. The van der Waals surface area contributed by atoms with Crippen molar-refractivity contribution in [2.45, 2.75) is 19.9 Å². The van der Waals surface area contributed by atoms with Crippen LogP contribution in [0.1, 0.15) is 35.8 Å². The number of rotatable bonds is 9. The molecular weight excluding hydrogens is 566 g/mol. The number of carbonyl (C=O) groups is 3. The van der Waals surface area contributed by atoms with Crippen LogP contribution in [0.2, 0.25) is 0 Å². The fourth-order valence-corrected chi connectivity index (χ4v) is 4.42. The van der Waals surface area contributed by atoms with Gasteiger partial charge in [-0.2, -0.15) is 0 Å². The van der Waals surface area contributed by atoms with E-state index in [2.05, 4.69) is 31.9 Å². The second kappa shape index (κ2) is 12.5. The summed E-state index contributed by atoms with van der Waals surface area (Å²) in [6.07, 6.45) is 0. The molecule has 1 amide bonds. The first-order valence-corrected chi connectivity index (χ1v) is 12.3. The van der Waals surface area contributed by atoms with E-state index in [1.807, 2.05) is 0 Å². The number of benzene rings is 2. The van der Waals surface area contributed by atoms with Gasteiger partial charge in [0.05, 0.1) is 38.0 Å². The number of halogens is 1. The molecule has 12 heteroatoms. The maximum Gasteiger partial charge on any atom is 0.338 e. The molecule has 1 aliphatic rings. The van der Waals surface area contributed by atoms with Crippen molar-refractivity contribution < 1.29 is 33.3 Å². The zero-order chi connectivity index (χ0) is 27.1. The Kier molecular flexibility index (Phi) is 9.48. The number of anilines is 1. The van der Waals surface area contributed by atoms with E-state index in [0.29, 0.717) is 49.2 Å². The van der Waals surface area contributed by atoms with Gasteiger partial charge in [-0.05, 0) is 68.0 Å². The smallest absolute Gasteiger partial charge is 0.338 e. The molecule has 2 aromatic rings. The van der Waals surface area contributed by atoms with Gasteiger partial charge in [-0.15, -0.1) is 0 Å². The highest BCUT2D eigenvalue weighted by Crippen LogP contribution is 2.39. The Hall–Kier alpha value is -3.64. The van der Waals surface area contributed by atoms with Gasteiger partial charge in [0.25, 0.3) is 5.91 Å². The largest absolute Gasteiger partial charge is 0.493 e. The van der Waals surface area contributed by atoms with Crippen LogP contribution in [-0.4, -0.2) is 50.4 Å². The van der Waals surface area contributed by atoms with Gasteiger partial charge >= 0.3 is 11.9 Å². The molecule has 196 valence electrons. The fraction of sp³-hybridized carbons (Fsp3) is 0.280. The first kappa shape index (κ1) is 27.9. The molecule has 2 aromatic carbocycles. The van der Waals surface area contributed by atoms with Crippen LogP contribution in [-0.2, 0) is 19.1 Å². The van der Waals surface area contributed by atoms with Crippen molar-refractivity contribution in [2.24, 2.45) is 0 Å².